The number of nitrogens with two attached hydrogens (primary N) is 1. The van der Waals surface area contributed by atoms with Crippen molar-refractivity contribution in [2.45, 2.75) is 68.4 Å². The van der Waals surface area contributed by atoms with E-state index in [0.29, 0.717) is 5.92 Å². The van der Waals surface area contributed by atoms with Crippen LogP contribution in [0.4, 0.5) is 0 Å². The van der Waals surface area contributed by atoms with Crippen LogP contribution in [0.15, 0.2) is 30.3 Å². The second kappa shape index (κ2) is 14.1. The fourth-order valence-electron chi connectivity index (χ4n) is 1.79. The van der Waals surface area contributed by atoms with Crippen molar-refractivity contribution in [3.63, 3.8) is 0 Å². The Morgan fingerprint density at radius 3 is 1.74 bits per heavy atom. The summed E-state index contributed by atoms with van der Waals surface area (Å²) in [5.74, 6) is 1.01. The monoisotopic (exact) mass is 323 g/mol. The molecule has 23 heavy (non-hydrogen) atoms. The van der Waals surface area contributed by atoms with Crippen LogP contribution in [-0.4, -0.2) is 17.6 Å². The molecule has 0 spiro atoms. The molecule has 1 aromatic rings. The first-order valence-corrected chi connectivity index (χ1v) is 7.54. The van der Waals surface area contributed by atoms with Crippen LogP contribution < -0.4 is 5.73 Å². The molecule has 0 saturated carbocycles. The minimum absolute atomic E-state index is 0. The van der Waals surface area contributed by atoms with E-state index in [0.717, 1.165) is 12.8 Å². The lowest BCUT2D eigenvalue weighted by Gasteiger charge is -2.08. The van der Waals surface area contributed by atoms with Gasteiger partial charge >= 0.3 is 0 Å². The van der Waals surface area contributed by atoms with Crippen LogP contribution in [0.25, 0.3) is 0 Å². The van der Waals surface area contributed by atoms with Crippen molar-refractivity contribution < 1.29 is 9.59 Å². The zero-order chi connectivity index (χ0) is 16.4. The van der Waals surface area contributed by atoms with Crippen LogP contribution in [0, 0.1) is 11.8 Å². The van der Waals surface area contributed by atoms with E-state index in [-0.39, 0.29) is 38.4 Å². The molecule has 2 N–H and O–H groups in total. The lowest BCUT2D eigenvalue weighted by molar-refractivity contribution is -0.120. The van der Waals surface area contributed by atoms with Gasteiger partial charge < -0.3 is 5.73 Å². The Hall–Kier alpha value is -1.48. The summed E-state index contributed by atoms with van der Waals surface area (Å²) in [6.45, 7) is 9.27. The minimum Gasteiger partial charge on any atom is -0.322 e. The summed E-state index contributed by atoms with van der Waals surface area (Å²) < 4.78 is 0. The topological polar surface area (TPSA) is 60.2 Å². The second-order valence-corrected chi connectivity index (χ2v) is 6.05. The molecule has 2 atom stereocenters. The number of ketones is 2. The van der Waals surface area contributed by atoms with Crippen molar-refractivity contribution in [2.75, 3.05) is 0 Å². The fraction of sp³-hybridized carbons (Fsp3) is 0.600. The molecule has 0 aliphatic carbocycles. The van der Waals surface area contributed by atoms with E-state index in [1.165, 1.54) is 12.5 Å². The molecule has 0 aliphatic heterocycles. The molecule has 0 amide bonds. The molecule has 0 heterocycles. The van der Waals surface area contributed by atoms with Gasteiger partial charge in [-0.25, -0.2) is 0 Å². The smallest absolute Gasteiger partial charge is 0.146 e. The molecule has 0 fully saturated rings. The average Bonchev–Trinajstić information content (AvgIpc) is 2.39. The van der Waals surface area contributed by atoms with Gasteiger partial charge in [0.1, 0.15) is 11.6 Å². The van der Waals surface area contributed by atoms with Gasteiger partial charge in [0.15, 0.2) is 0 Å². The third kappa shape index (κ3) is 13.9. The molecule has 0 saturated heterocycles. The molecule has 134 valence electrons. The number of rotatable bonds is 6. The normalized spacial score (nSPS) is 12.0. The SMILES string of the molecule is C.C.CC(=O)C(C)Cc1ccccc1.CC(=O)C(N)CC(C)C. The minimum atomic E-state index is -0.245. The second-order valence-electron chi connectivity index (χ2n) is 6.05. The maximum absolute atomic E-state index is 10.9. The lowest BCUT2D eigenvalue weighted by atomic mass is 9.98. The van der Waals surface area contributed by atoms with E-state index < -0.39 is 0 Å². The predicted molar refractivity (Wildman–Crippen MR) is 102 cm³/mol. The highest BCUT2D eigenvalue weighted by Crippen LogP contribution is 2.08. The van der Waals surface area contributed by atoms with E-state index in [4.69, 9.17) is 5.73 Å². The van der Waals surface area contributed by atoms with Crippen LogP contribution in [0.3, 0.4) is 0 Å². The summed E-state index contributed by atoms with van der Waals surface area (Å²) in [7, 11) is 0. The predicted octanol–water partition coefficient (Wildman–Crippen LogP) is 4.68. The molecule has 0 aliphatic rings. The molecule has 3 nitrogen and oxygen atoms in total. The van der Waals surface area contributed by atoms with Crippen LogP contribution in [-0.2, 0) is 16.0 Å². The van der Waals surface area contributed by atoms with E-state index in [1.807, 2.05) is 25.1 Å². The van der Waals surface area contributed by atoms with Crippen LogP contribution in [0.5, 0.6) is 0 Å². The van der Waals surface area contributed by atoms with Gasteiger partial charge in [-0.1, -0.05) is 66.0 Å². The molecule has 0 aromatic heterocycles. The Morgan fingerprint density at radius 2 is 1.43 bits per heavy atom. The average molecular weight is 324 g/mol. The van der Waals surface area contributed by atoms with Gasteiger partial charge in [0.25, 0.3) is 0 Å². The standard InChI is InChI=1S/C11H14O.C7H15NO.2CH4/c1-9(10(2)12)8-11-6-4-3-5-7-11;1-5(2)4-7(8)6(3)9;;/h3-7,9H,8H2,1-2H3;5,7H,4,8H2,1-3H3;2*1H4. The maximum Gasteiger partial charge on any atom is 0.146 e. The first-order valence-electron chi connectivity index (χ1n) is 7.54. The van der Waals surface area contributed by atoms with Crippen molar-refractivity contribution in [1.29, 1.82) is 0 Å². The van der Waals surface area contributed by atoms with Gasteiger partial charge in [0.05, 0.1) is 6.04 Å². The summed E-state index contributed by atoms with van der Waals surface area (Å²) in [5, 5.41) is 0. The van der Waals surface area contributed by atoms with Crippen molar-refractivity contribution >= 4 is 11.6 Å². The quantitative estimate of drug-likeness (QED) is 0.827. The Kier molecular flexibility index (Phi) is 16.2. The summed E-state index contributed by atoms with van der Waals surface area (Å²) in [6, 6.07) is 9.86. The molecule has 1 rings (SSSR count). The zero-order valence-electron chi connectivity index (χ0n) is 13.9. The molecule has 1 aromatic carbocycles. The molecule has 0 radical (unpaired) electrons. The molecular formula is C20H37NO2. The molecule has 0 bridgehead atoms. The third-order valence-corrected chi connectivity index (χ3v) is 3.33. The molecule has 2 unspecified atom stereocenters. The van der Waals surface area contributed by atoms with Gasteiger partial charge in [0, 0.05) is 5.92 Å². The highest BCUT2D eigenvalue weighted by Gasteiger charge is 2.09. The number of carbonyl (C=O) groups excluding carboxylic acids is 2. The van der Waals surface area contributed by atoms with Gasteiger partial charge in [-0.3, -0.25) is 9.59 Å². The van der Waals surface area contributed by atoms with Crippen molar-refractivity contribution in [1.82, 2.24) is 0 Å². The van der Waals surface area contributed by atoms with Crippen LogP contribution in [0.2, 0.25) is 0 Å². The van der Waals surface area contributed by atoms with Gasteiger partial charge in [0.2, 0.25) is 0 Å². The Bertz CT molecular complexity index is 427. The Morgan fingerprint density at radius 1 is 0.957 bits per heavy atom. The first-order chi connectivity index (χ1) is 9.73. The van der Waals surface area contributed by atoms with Gasteiger partial charge in [-0.15, -0.1) is 0 Å². The molecular weight excluding hydrogens is 286 g/mol. The van der Waals surface area contributed by atoms with E-state index in [1.54, 1.807) is 6.92 Å². The van der Waals surface area contributed by atoms with Crippen LogP contribution >= 0.6 is 0 Å². The zero-order valence-corrected chi connectivity index (χ0v) is 13.9. The summed E-state index contributed by atoms with van der Waals surface area (Å²) in [6.07, 6.45) is 1.66. The van der Waals surface area contributed by atoms with Crippen molar-refractivity contribution in [3.8, 4) is 0 Å². The highest BCUT2D eigenvalue weighted by molar-refractivity contribution is 5.81. The summed E-state index contributed by atoms with van der Waals surface area (Å²) in [4.78, 5) is 21.5. The third-order valence-electron chi connectivity index (χ3n) is 3.33. The van der Waals surface area contributed by atoms with Crippen molar-refractivity contribution in [3.05, 3.63) is 35.9 Å². The number of hydrogen-bond donors (Lipinski definition) is 1. The van der Waals surface area contributed by atoms with Crippen molar-refractivity contribution in [2.24, 2.45) is 17.6 Å². The summed E-state index contributed by atoms with van der Waals surface area (Å²) in [5.41, 5.74) is 6.70. The van der Waals surface area contributed by atoms with Gasteiger partial charge in [-0.05, 0) is 38.2 Å². The highest BCUT2D eigenvalue weighted by atomic mass is 16.1. The number of Topliss-reactive ketones (excluding diaryl/α,β-unsaturated/α-hetero) is 2. The van der Waals surface area contributed by atoms with E-state index in [9.17, 15) is 9.59 Å². The number of benzene rings is 1. The van der Waals surface area contributed by atoms with Gasteiger partial charge in [-0.2, -0.15) is 0 Å². The van der Waals surface area contributed by atoms with E-state index >= 15 is 0 Å². The Balaban J connectivity index is -0.000000332. The largest absolute Gasteiger partial charge is 0.322 e. The fourth-order valence-corrected chi connectivity index (χ4v) is 1.79. The Labute approximate surface area is 143 Å². The van der Waals surface area contributed by atoms with E-state index in [2.05, 4.69) is 26.0 Å². The number of hydrogen-bond acceptors (Lipinski definition) is 3. The first kappa shape index (κ1) is 26.4. The maximum atomic E-state index is 10.9. The summed E-state index contributed by atoms with van der Waals surface area (Å²) >= 11 is 0. The van der Waals surface area contributed by atoms with Crippen LogP contribution in [0.1, 0.15) is 61.5 Å². The lowest BCUT2D eigenvalue weighted by Crippen LogP contribution is -2.29. The number of carbonyl (C=O) groups is 2. The molecule has 3 heteroatoms.